The van der Waals surface area contributed by atoms with Crippen LogP contribution in [0.1, 0.15) is 19.0 Å². The van der Waals surface area contributed by atoms with Gasteiger partial charge < -0.3 is 9.67 Å². The lowest BCUT2D eigenvalue weighted by molar-refractivity contribution is -0.138. The lowest BCUT2D eigenvalue weighted by Crippen LogP contribution is -2.47. The van der Waals surface area contributed by atoms with E-state index in [-0.39, 0.29) is 6.54 Å². The Morgan fingerprint density at radius 1 is 1.32 bits per heavy atom. The number of aliphatic carboxylic acids is 1. The second-order valence-corrected chi connectivity index (χ2v) is 5.02. The molecule has 1 fully saturated rings. The molecule has 1 aliphatic rings. The number of hydrogen-bond acceptors (Lipinski definition) is 4. The Kier molecular flexibility index (Phi) is 4.93. The van der Waals surface area contributed by atoms with Crippen LogP contribution in [0.15, 0.2) is 12.5 Å². The Labute approximate surface area is 113 Å². The number of imidazole rings is 1. The van der Waals surface area contributed by atoms with Crippen LogP contribution in [0.2, 0.25) is 0 Å². The topological polar surface area (TPSA) is 61.6 Å². The molecule has 2 rings (SSSR count). The monoisotopic (exact) mass is 266 g/mol. The van der Waals surface area contributed by atoms with Gasteiger partial charge in [-0.3, -0.25) is 14.6 Å². The number of hydrogen-bond donors (Lipinski definition) is 1. The van der Waals surface area contributed by atoms with Crippen LogP contribution < -0.4 is 0 Å². The van der Waals surface area contributed by atoms with Crippen LogP contribution in [-0.2, 0) is 17.9 Å². The first-order valence-electron chi connectivity index (χ1n) is 6.84. The zero-order valence-corrected chi connectivity index (χ0v) is 11.5. The lowest BCUT2D eigenvalue weighted by Gasteiger charge is -2.33. The first-order valence-corrected chi connectivity index (χ1v) is 6.84. The minimum absolute atomic E-state index is 0.154. The van der Waals surface area contributed by atoms with Crippen LogP contribution in [-0.4, -0.2) is 63.2 Å². The van der Waals surface area contributed by atoms with Gasteiger partial charge in [-0.05, 0) is 6.42 Å². The number of carboxylic acids is 1. The molecule has 6 nitrogen and oxygen atoms in total. The van der Waals surface area contributed by atoms with Crippen molar-refractivity contribution in [1.82, 2.24) is 19.4 Å². The molecule has 0 unspecified atom stereocenters. The molecule has 1 aromatic rings. The molecule has 6 heteroatoms. The summed E-state index contributed by atoms with van der Waals surface area (Å²) in [7, 11) is 0. The van der Waals surface area contributed by atoms with E-state index in [4.69, 9.17) is 5.11 Å². The fourth-order valence-corrected chi connectivity index (χ4v) is 2.45. The third-order valence-electron chi connectivity index (χ3n) is 3.47. The molecule has 0 atom stereocenters. The van der Waals surface area contributed by atoms with Gasteiger partial charge in [-0.1, -0.05) is 6.92 Å². The van der Waals surface area contributed by atoms with E-state index in [2.05, 4.69) is 21.4 Å². The molecule has 0 radical (unpaired) electrons. The number of carboxylic acid groups (broad SMARTS) is 1. The van der Waals surface area contributed by atoms with Crippen LogP contribution in [0.3, 0.4) is 0 Å². The Morgan fingerprint density at radius 3 is 2.63 bits per heavy atom. The molecule has 106 valence electrons. The third kappa shape index (κ3) is 4.04. The Hall–Kier alpha value is -1.40. The Bertz CT molecular complexity index is 411. The maximum atomic E-state index is 10.7. The summed E-state index contributed by atoms with van der Waals surface area (Å²) in [6.45, 7) is 7.73. The number of piperazine rings is 1. The van der Waals surface area contributed by atoms with Crippen molar-refractivity contribution in [3.63, 3.8) is 0 Å². The predicted molar refractivity (Wildman–Crippen MR) is 71.9 cm³/mol. The third-order valence-corrected chi connectivity index (χ3v) is 3.47. The van der Waals surface area contributed by atoms with Crippen molar-refractivity contribution in [3.05, 3.63) is 18.2 Å². The average molecular weight is 266 g/mol. The second-order valence-electron chi connectivity index (χ2n) is 5.02. The van der Waals surface area contributed by atoms with Crippen LogP contribution in [0.5, 0.6) is 0 Å². The van der Waals surface area contributed by atoms with Crippen LogP contribution in [0, 0.1) is 0 Å². The standard InChI is InChI=1S/C13H22N4O2/c1-2-3-17-11-14-8-12(17)9-15-4-6-16(7-5-15)10-13(18)19/h8,11H,2-7,9-10H2,1H3,(H,18,19). The van der Waals surface area contributed by atoms with E-state index in [9.17, 15) is 4.79 Å². The van der Waals surface area contributed by atoms with Crippen molar-refractivity contribution in [2.45, 2.75) is 26.4 Å². The summed E-state index contributed by atoms with van der Waals surface area (Å²) >= 11 is 0. The van der Waals surface area contributed by atoms with Crippen molar-refractivity contribution >= 4 is 5.97 Å². The summed E-state index contributed by atoms with van der Waals surface area (Å²) in [6, 6.07) is 0. The van der Waals surface area contributed by atoms with Crippen molar-refractivity contribution in [3.8, 4) is 0 Å². The van der Waals surface area contributed by atoms with Crippen molar-refractivity contribution < 1.29 is 9.90 Å². The largest absolute Gasteiger partial charge is 0.480 e. The molecular weight excluding hydrogens is 244 g/mol. The number of aromatic nitrogens is 2. The van der Waals surface area contributed by atoms with Crippen molar-refractivity contribution in [2.75, 3.05) is 32.7 Å². The van der Waals surface area contributed by atoms with Gasteiger partial charge in [0.15, 0.2) is 0 Å². The molecule has 0 bridgehead atoms. The van der Waals surface area contributed by atoms with Crippen LogP contribution in [0.4, 0.5) is 0 Å². The van der Waals surface area contributed by atoms with Crippen molar-refractivity contribution in [1.29, 1.82) is 0 Å². The van der Waals surface area contributed by atoms with E-state index >= 15 is 0 Å². The molecule has 0 aliphatic carbocycles. The van der Waals surface area contributed by atoms with E-state index in [1.54, 1.807) is 0 Å². The fourth-order valence-electron chi connectivity index (χ4n) is 2.45. The quantitative estimate of drug-likeness (QED) is 0.812. The molecule has 0 spiro atoms. The lowest BCUT2D eigenvalue weighted by atomic mass is 10.3. The first-order chi connectivity index (χ1) is 9.19. The van der Waals surface area contributed by atoms with Crippen molar-refractivity contribution in [2.24, 2.45) is 0 Å². The van der Waals surface area contributed by atoms with E-state index in [1.165, 1.54) is 5.69 Å². The number of rotatable bonds is 6. The zero-order chi connectivity index (χ0) is 13.7. The van der Waals surface area contributed by atoms with Gasteiger partial charge >= 0.3 is 5.97 Å². The minimum atomic E-state index is -0.741. The maximum absolute atomic E-state index is 10.7. The Morgan fingerprint density at radius 2 is 2.00 bits per heavy atom. The van der Waals surface area contributed by atoms with Gasteiger partial charge in [0.2, 0.25) is 0 Å². The predicted octanol–water partition coefficient (Wildman–Crippen LogP) is 0.495. The van der Waals surface area contributed by atoms with Crippen LogP contribution in [0.25, 0.3) is 0 Å². The van der Waals surface area contributed by atoms with Gasteiger partial charge in [0.1, 0.15) is 0 Å². The normalized spacial score (nSPS) is 17.7. The van der Waals surface area contributed by atoms with E-state index in [1.807, 2.05) is 17.4 Å². The Balaban J connectivity index is 1.82. The molecular formula is C13H22N4O2. The van der Waals surface area contributed by atoms with Gasteiger partial charge in [0.05, 0.1) is 18.6 Å². The molecule has 2 heterocycles. The van der Waals surface area contributed by atoms with Gasteiger partial charge in [0, 0.05) is 45.5 Å². The summed E-state index contributed by atoms with van der Waals surface area (Å²) in [5, 5.41) is 8.77. The minimum Gasteiger partial charge on any atom is -0.480 e. The zero-order valence-electron chi connectivity index (χ0n) is 11.5. The van der Waals surface area contributed by atoms with Crippen LogP contribution >= 0.6 is 0 Å². The number of nitrogens with zero attached hydrogens (tertiary/aromatic N) is 4. The highest BCUT2D eigenvalue weighted by Crippen LogP contribution is 2.09. The summed E-state index contributed by atoms with van der Waals surface area (Å²) in [5.41, 5.74) is 1.24. The summed E-state index contributed by atoms with van der Waals surface area (Å²) in [6.07, 6.45) is 4.93. The molecule has 0 saturated carbocycles. The number of aryl methyl sites for hydroxylation is 1. The average Bonchev–Trinajstić information content (AvgIpc) is 2.79. The molecule has 1 aromatic heterocycles. The molecule has 19 heavy (non-hydrogen) atoms. The SMILES string of the molecule is CCCn1cncc1CN1CCN(CC(=O)O)CC1. The molecule has 0 amide bonds. The van der Waals surface area contributed by atoms with E-state index < -0.39 is 5.97 Å². The summed E-state index contributed by atoms with van der Waals surface area (Å²) in [4.78, 5) is 19.2. The van der Waals surface area contributed by atoms with E-state index in [0.717, 1.165) is 45.7 Å². The summed E-state index contributed by atoms with van der Waals surface area (Å²) in [5.74, 6) is -0.741. The van der Waals surface area contributed by atoms with Gasteiger partial charge in [-0.25, -0.2) is 4.98 Å². The van der Waals surface area contributed by atoms with Gasteiger partial charge in [0.25, 0.3) is 0 Å². The molecule has 0 aromatic carbocycles. The maximum Gasteiger partial charge on any atom is 0.317 e. The highest BCUT2D eigenvalue weighted by atomic mass is 16.4. The summed E-state index contributed by atoms with van der Waals surface area (Å²) < 4.78 is 2.20. The number of carbonyl (C=O) groups is 1. The van der Waals surface area contributed by atoms with Gasteiger partial charge in [-0.2, -0.15) is 0 Å². The first kappa shape index (κ1) is 14.0. The second kappa shape index (κ2) is 6.68. The molecule has 1 saturated heterocycles. The van der Waals surface area contributed by atoms with E-state index in [0.29, 0.717) is 0 Å². The fraction of sp³-hybridized carbons (Fsp3) is 0.692. The smallest absolute Gasteiger partial charge is 0.317 e. The molecule has 1 N–H and O–H groups in total. The highest BCUT2D eigenvalue weighted by Gasteiger charge is 2.19. The molecule has 1 aliphatic heterocycles. The highest BCUT2D eigenvalue weighted by molar-refractivity contribution is 5.69. The van der Waals surface area contributed by atoms with Gasteiger partial charge in [-0.15, -0.1) is 0 Å².